The average molecular weight is 467 g/mol. The molecule has 3 N–H and O–H groups in total. The van der Waals surface area contributed by atoms with Gasteiger partial charge in [0.25, 0.3) is 0 Å². The molecule has 0 aliphatic carbocycles. The molecule has 0 aromatic carbocycles. The van der Waals surface area contributed by atoms with Crippen molar-refractivity contribution in [3.63, 3.8) is 0 Å². The highest BCUT2D eigenvalue weighted by Crippen LogP contribution is 2.58. The van der Waals surface area contributed by atoms with Crippen LogP contribution in [0.3, 0.4) is 0 Å². The van der Waals surface area contributed by atoms with Crippen LogP contribution in [0.2, 0.25) is 0 Å². The molecule has 4 aliphatic rings. The quantitative estimate of drug-likeness (QED) is 0.397. The zero-order valence-electron chi connectivity index (χ0n) is 19.9. The van der Waals surface area contributed by atoms with Crippen molar-refractivity contribution in [1.29, 1.82) is 0 Å². The number of ether oxygens (including phenoxy) is 2. The minimum absolute atomic E-state index is 0.224. The lowest BCUT2D eigenvalue weighted by Crippen LogP contribution is -2.58. The molecule has 1 spiro atoms. The van der Waals surface area contributed by atoms with E-state index in [0.717, 1.165) is 13.1 Å². The van der Waals surface area contributed by atoms with Crippen LogP contribution in [0.15, 0.2) is 0 Å². The topological polar surface area (TPSA) is 120 Å². The largest absolute Gasteiger partial charge is 0.394 e. The molecule has 4 heterocycles. The number of likely N-dealkylation sites (tertiary alicyclic amines) is 1. The number of morpholine rings is 1. The number of aliphatic hydroxyl groups is 1. The molecule has 186 valence electrons. The minimum Gasteiger partial charge on any atom is -0.394 e. The van der Waals surface area contributed by atoms with Gasteiger partial charge in [0.1, 0.15) is 11.6 Å². The van der Waals surface area contributed by atoms with Gasteiger partial charge in [-0.15, -0.1) is 0 Å². The number of amides is 3. The fourth-order valence-electron chi connectivity index (χ4n) is 6.33. The van der Waals surface area contributed by atoms with Crippen molar-refractivity contribution in [2.24, 2.45) is 17.8 Å². The highest BCUT2D eigenvalue weighted by Gasteiger charge is 2.74. The number of hydrogen-bond acceptors (Lipinski definition) is 7. The Kier molecular flexibility index (Phi) is 7.28. The Bertz CT molecular complexity index is 757. The lowest BCUT2D eigenvalue weighted by molar-refractivity contribution is -0.146. The second-order valence-electron chi connectivity index (χ2n) is 10.1. The number of carbonyl (C=O) groups excluding carboxylic acids is 3. The van der Waals surface area contributed by atoms with Gasteiger partial charge in [-0.1, -0.05) is 13.8 Å². The number of fused-ring (bicyclic) bond motifs is 1. The molecule has 0 aromatic rings. The first-order valence-corrected chi connectivity index (χ1v) is 12.2. The molecule has 2 unspecified atom stereocenters. The van der Waals surface area contributed by atoms with Crippen molar-refractivity contribution in [3.8, 4) is 0 Å². The maximum absolute atomic E-state index is 13.8. The normalized spacial score (nSPS) is 34.6. The first kappa shape index (κ1) is 24.4. The Balaban J connectivity index is 1.58. The Morgan fingerprint density at radius 1 is 1.24 bits per heavy atom. The third kappa shape index (κ3) is 4.26. The van der Waals surface area contributed by atoms with Crippen LogP contribution in [0, 0.1) is 17.8 Å². The molecule has 0 saturated carbocycles. The van der Waals surface area contributed by atoms with Crippen LogP contribution in [-0.4, -0.2) is 109 Å². The van der Waals surface area contributed by atoms with E-state index in [1.54, 1.807) is 11.9 Å². The molecule has 0 aromatic heterocycles. The van der Waals surface area contributed by atoms with Crippen LogP contribution in [0.1, 0.15) is 33.1 Å². The second-order valence-corrected chi connectivity index (χ2v) is 10.1. The van der Waals surface area contributed by atoms with Crippen molar-refractivity contribution in [2.45, 2.75) is 56.9 Å². The van der Waals surface area contributed by atoms with E-state index in [-0.39, 0.29) is 36.4 Å². The molecule has 4 aliphatic heterocycles. The predicted molar refractivity (Wildman–Crippen MR) is 119 cm³/mol. The van der Waals surface area contributed by atoms with E-state index >= 15 is 0 Å². The van der Waals surface area contributed by atoms with Crippen LogP contribution in [-0.2, 0) is 23.9 Å². The molecule has 6 atom stereocenters. The molecular weight excluding hydrogens is 428 g/mol. The molecule has 4 fully saturated rings. The van der Waals surface area contributed by atoms with Crippen molar-refractivity contribution < 1.29 is 29.0 Å². The summed E-state index contributed by atoms with van der Waals surface area (Å²) >= 11 is 0. The summed E-state index contributed by atoms with van der Waals surface area (Å²) in [6, 6.07) is -1.35. The summed E-state index contributed by atoms with van der Waals surface area (Å²) in [5.41, 5.74) is -1.02. The average Bonchev–Trinajstić information content (AvgIpc) is 3.45. The lowest BCUT2D eigenvalue weighted by Gasteiger charge is -2.37. The minimum atomic E-state index is -1.02. The second kappa shape index (κ2) is 9.85. The zero-order chi connectivity index (χ0) is 23.8. The number of aliphatic hydroxyl groups excluding tert-OH is 1. The van der Waals surface area contributed by atoms with Gasteiger partial charge in [0.05, 0.1) is 43.8 Å². The van der Waals surface area contributed by atoms with Crippen LogP contribution in [0.4, 0.5) is 0 Å². The third-order valence-corrected chi connectivity index (χ3v) is 7.71. The molecule has 0 radical (unpaired) electrons. The molecule has 4 saturated heterocycles. The van der Waals surface area contributed by atoms with Gasteiger partial charge in [0, 0.05) is 33.2 Å². The smallest absolute Gasteiger partial charge is 0.245 e. The Morgan fingerprint density at radius 2 is 1.97 bits per heavy atom. The van der Waals surface area contributed by atoms with Gasteiger partial charge < -0.3 is 30.1 Å². The van der Waals surface area contributed by atoms with Gasteiger partial charge in [0.2, 0.25) is 17.7 Å². The van der Waals surface area contributed by atoms with Gasteiger partial charge in [-0.3, -0.25) is 19.3 Å². The standard InChI is InChI=1S/C23H38N4O6/c1-14(2)12-15(13-28)27-19(21(30)25-6-7-26-8-10-32-11-9-26)23-5-4-16(33-23)17(20(29)24-3)18(23)22(27)31/h14-19,28H,4-13H2,1-3H3,(H,24,29)(H,25,30)/t15-,16+,17-,18+,19?,23?/m1/s1. The molecular formula is C23H38N4O6. The summed E-state index contributed by atoms with van der Waals surface area (Å²) in [5.74, 6) is -1.82. The van der Waals surface area contributed by atoms with Crippen LogP contribution in [0.5, 0.6) is 0 Å². The zero-order valence-corrected chi connectivity index (χ0v) is 19.9. The van der Waals surface area contributed by atoms with Crippen molar-refractivity contribution in [2.75, 3.05) is 53.0 Å². The molecule has 10 heteroatoms. The fourth-order valence-corrected chi connectivity index (χ4v) is 6.33. The van der Waals surface area contributed by atoms with Gasteiger partial charge >= 0.3 is 0 Å². The van der Waals surface area contributed by atoms with Crippen LogP contribution < -0.4 is 10.6 Å². The lowest BCUT2D eigenvalue weighted by atomic mass is 9.70. The number of rotatable bonds is 9. The number of hydrogen-bond donors (Lipinski definition) is 3. The van der Waals surface area contributed by atoms with E-state index in [0.29, 0.717) is 45.6 Å². The monoisotopic (exact) mass is 466 g/mol. The van der Waals surface area contributed by atoms with Gasteiger partial charge in [-0.05, 0) is 25.2 Å². The Morgan fingerprint density at radius 3 is 2.61 bits per heavy atom. The summed E-state index contributed by atoms with van der Waals surface area (Å²) in [4.78, 5) is 43.9. The summed E-state index contributed by atoms with van der Waals surface area (Å²) in [6.07, 6.45) is 1.40. The highest BCUT2D eigenvalue weighted by molar-refractivity contribution is 5.99. The third-order valence-electron chi connectivity index (χ3n) is 7.71. The van der Waals surface area contributed by atoms with Crippen molar-refractivity contribution in [1.82, 2.24) is 20.4 Å². The summed E-state index contributed by atoms with van der Waals surface area (Å²) in [7, 11) is 1.56. The SMILES string of the molecule is CNC(=O)[C@@H]1[C@@H]2CCC3(O2)C(C(=O)NCCN2CCOCC2)N([C@@H](CO)CC(C)C)C(=O)[C@H]13. The maximum atomic E-state index is 13.8. The first-order chi connectivity index (χ1) is 15.8. The van der Waals surface area contributed by atoms with E-state index in [4.69, 9.17) is 9.47 Å². The molecule has 33 heavy (non-hydrogen) atoms. The van der Waals surface area contributed by atoms with Gasteiger partial charge in [-0.25, -0.2) is 0 Å². The van der Waals surface area contributed by atoms with Gasteiger partial charge in [0.15, 0.2) is 0 Å². The van der Waals surface area contributed by atoms with Crippen molar-refractivity contribution in [3.05, 3.63) is 0 Å². The Hall–Kier alpha value is -1.75. The van der Waals surface area contributed by atoms with E-state index in [1.807, 2.05) is 13.8 Å². The van der Waals surface area contributed by atoms with E-state index in [1.165, 1.54) is 0 Å². The number of carbonyl (C=O) groups is 3. The van der Waals surface area contributed by atoms with E-state index in [2.05, 4.69) is 15.5 Å². The van der Waals surface area contributed by atoms with Crippen molar-refractivity contribution >= 4 is 17.7 Å². The highest BCUT2D eigenvalue weighted by atomic mass is 16.5. The predicted octanol–water partition coefficient (Wildman–Crippen LogP) is -1.04. The number of nitrogens with zero attached hydrogens (tertiary/aromatic N) is 2. The van der Waals surface area contributed by atoms with E-state index in [9.17, 15) is 19.5 Å². The first-order valence-electron chi connectivity index (χ1n) is 12.2. The summed E-state index contributed by atoms with van der Waals surface area (Å²) < 4.78 is 11.7. The van der Waals surface area contributed by atoms with E-state index < -0.39 is 29.5 Å². The molecule has 2 bridgehead atoms. The van der Waals surface area contributed by atoms with Crippen LogP contribution in [0.25, 0.3) is 0 Å². The fraction of sp³-hybridized carbons (Fsp3) is 0.870. The Labute approximate surface area is 195 Å². The molecule has 3 amide bonds. The summed E-state index contributed by atoms with van der Waals surface area (Å²) in [6.45, 7) is 7.99. The number of nitrogens with one attached hydrogen (secondary N) is 2. The maximum Gasteiger partial charge on any atom is 0.245 e. The molecule has 10 nitrogen and oxygen atoms in total. The molecule has 4 rings (SSSR count). The summed E-state index contributed by atoms with van der Waals surface area (Å²) in [5, 5.41) is 15.9. The van der Waals surface area contributed by atoms with Crippen LogP contribution >= 0.6 is 0 Å². The van der Waals surface area contributed by atoms with Gasteiger partial charge in [-0.2, -0.15) is 0 Å².